The van der Waals surface area contributed by atoms with Crippen LogP contribution in [-0.4, -0.2) is 61.6 Å². The Hall–Kier alpha value is -3.40. The average molecular weight is 676 g/mol. The van der Waals surface area contributed by atoms with Crippen LogP contribution in [0.25, 0.3) is 21.0 Å². The lowest BCUT2D eigenvalue weighted by Gasteiger charge is -2.36. The molecule has 9 heteroatoms. The zero-order valence-electron chi connectivity index (χ0n) is 28.7. The molecule has 2 aromatic carbocycles. The van der Waals surface area contributed by atoms with Gasteiger partial charge in [-0.05, 0) is 73.0 Å². The summed E-state index contributed by atoms with van der Waals surface area (Å²) in [6.07, 6.45) is 13.2. The molecule has 260 valence electrons. The van der Waals surface area contributed by atoms with E-state index in [9.17, 15) is 9.59 Å². The number of ether oxygens (including phenoxy) is 3. The van der Waals surface area contributed by atoms with Crippen molar-refractivity contribution in [2.24, 2.45) is 0 Å². The number of carbonyl (C=O) groups excluding carboxylic acids is 1. The van der Waals surface area contributed by atoms with Gasteiger partial charge in [0.2, 0.25) is 0 Å². The summed E-state index contributed by atoms with van der Waals surface area (Å²) in [4.78, 5) is 29.9. The van der Waals surface area contributed by atoms with Crippen molar-refractivity contribution in [2.75, 3.05) is 51.0 Å². The summed E-state index contributed by atoms with van der Waals surface area (Å²) >= 11 is 1.81. The highest BCUT2D eigenvalue weighted by Crippen LogP contribution is 2.31. The monoisotopic (exact) mass is 675 g/mol. The number of hydrogen-bond donors (Lipinski definition) is 0. The van der Waals surface area contributed by atoms with Gasteiger partial charge in [0.05, 0.1) is 12.1 Å². The molecule has 0 amide bonds. The van der Waals surface area contributed by atoms with Crippen molar-refractivity contribution in [2.45, 2.75) is 90.7 Å². The molecule has 0 aliphatic carbocycles. The molecule has 2 aromatic heterocycles. The van der Waals surface area contributed by atoms with E-state index in [1.807, 2.05) is 24.3 Å². The Morgan fingerprint density at radius 3 is 2.42 bits per heavy atom. The van der Waals surface area contributed by atoms with Gasteiger partial charge >= 0.3 is 5.97 Å². The van der Waals surface area contributed by atoms with Crippen LogP contribution in [-0.2, 0) is 21.0 Å². The molecule has 0 spiro atoms. The molecule has 8 nitrogen and oxygen atoms in total. The summed E-state index contributed by atoms with van der Waals surface area (Å²) in [5.41, 5.74) is 1.92. The topological polar surface area (TPSA) is 73.2 Å². The highest BCUT2D eigenvalue weighted by Gasteiger charge is 2.18. The second-order valence-corrected chi connectivity index (χ2v) is 13.8. The third kappa shape index (κ3) is 10.8. The third-order valence-corrected chi connectivity index (χ3v) is 10.2. The summed E-state index contributed by atoms with van der Waals surface area (Å²) in [6.45, 7) is 8.00. The fourth-order valence-corrected chi connectivity index (χ4v) is 7.28. The van der Waals surface area contributed by atoms with E-state index >= 15 is 0 Å². The maximum absolute atomic E-state index is 12.7. The summed E-state index contributed by atoms with van der Waals surface area (Å²) in [7, 11) is 0. The molecular weight excluding hydrogens is 623 g/mol. The van der Waals surface area contributed by atoms with Crippen LogP contribution in [0.3, 0.4) is 0 Å². The van der Waals surface area contributed by atoms with E-state index in [0.717, 1.165) is 81.5 Å². The number of hydrogen-bond acceptors (Lipinski definition) is 8. The van der Waals surface area contributed by atoms with Gasteiger partial charge in [-0.15, -0.1) is 11.3 Å². The number of thiophene rings is 1. The zero-order valence-corrected chi connectivity index (χ0v) is 29.5. The first-order valence-electron chi connectivity index (χ1n) is 18.1. The minimum absolute atomic E-state index is 0.000607. The van der Waals surface area contributed by atoms with Crippen LogP contribution in [0.2, 0.25) is 0 Å². The van der Waals surface area contributed by atoms with Crippen molar-refractivity contribution in [1.82, 2.24) is 9.47 Å². The van der Waals surface area contributed by atoms with Crippen LogP contribution in [0.4, 0.5) is 5.69 Å². The first kappa shape index (κ1) is 35.9. The number of piperazine rings is 1. The normalized spacial score (nSPS) is 13.8. The van der Waals surface area contributed by atoms with Crippen molar-refractivity contribution < 1.29 is 19.0 Å². The van der Waals surface area contributed by atoms with E-state index in [1.54, 1.807) is 15.9 Å². The lowest BCUT2D eigenvalue weighted by molar-refractivity contribution is -0.159. The number of fused-ring (bicyclic) bond motifs is 2. The van der Waals surface area contributed by atoms with Crippen LogP contribution >= 0.6 is 11.3 Å². The number of nitrogens with zero attached hydrogens (tertiary/aromatic N) is 3. The Kier molecular flexibility index (Phi) is 14.6. The summed E-state index contributed by atoms with van der Waals surface area (Å²) in [5.74, 6) is 0.471. The fraction of sp³-hybridized carbons (Fsp3) is 0.538. The zero-order chi connectivity index (χ0) is 33.4. The molecule has 4 aromatic rings. The second kappa shape index (κ2) is 19.6. The van der Waals surface area contributed by atoms with E-state index < -0.39 is 0 Å². The lowest BCUT2D eigenvalue weighted by Crippen LogP contribution is -2.46. The molecular formula is C39H53N3O5S. The summed E-state index contributed by atoms with van der Waals surface area (Å²) in [6, 6.07) is 18.0. The predicted molar refractivity (Wildman–Crippen MR) is 197 cm³/mol. The fourth-order valence-electron chi connectivity index (χ4n) is 6.47. The van der Waals surface area contributed by atoms with Gasteiger partial charge in [0.25, 0.3) is 5.56 Å². The molecule has 1 saturated heterocycles. The number of carbonyl (C=O) groups is 1. The number of pyridine rings is 1. The smallest absolute Gasteiger partial charge is 0.307 e. The van der Waals surface area contributed by atoms with Crippen molar-refractivity contribution >= 4 is 44.0 Å². The Bertz CT molecular complexity index is 1610. The second-order valence-electron chi connectivity index (χ2n) is 12.9. The summed E-state index contributed by atoms with van der Waals surface area (Å²) < 4.78 is 19.9. The first-order valence-corrected chi connectivity index (χ1v) is 18.9. The predicted octanol–water partition coefficient (Wildman–Crippen LogP) is 8.59. The van der Waals surface area contributed by atoms with Gasteiger partial charge in [0, 0.05) is 60.5 Å². The van der Waals surface area contributed by atoms with Gasteiger partial charge < -0.3 is 19.1 Å². The van der Waals surface area contributed by atoms with Crippen molar-refractivity contribution in [3.05, 3.63) is 70.3 Å². The number of anilines is 1. The molecule has 0 N–H and O–H groups in total. The van der Waals surface area contributed by atoms with Crippen molar-refractivity contribution in [3.63, 3.8) is 0 Å². The van der Waals surface area contributed by atoms with E-state index in [0.29, 0.717) is 13.0 Å². The van der Waals surface area contributed by atoms with Gasteiger partial charge in [-0.2, -0.15) is 0 Å². The minimum Gasteiger partial charge on any atom is -0.494 e. The number of aromatic nitrogens is 1. The largest absolute Gasteiger partial charge is 0.494 e. The maximum atomic E-state index is 12.7. The standard InChI is InChI=1S/C39H53N3O5S/c1-2-3-4-5-6-7-8-9-10-16-39(44)47-31-45-30-42-36-29-33(19-17-32(36)18-20-38(42)43)46-27-12-11-22-40-23-25-41(26-24-40)35-14-13-15-37-34(35)21-28-48-37/h13-15,17-21,28-29H,2-12,16,22-27,30-31H2,1H3. The molecule has 48 heavy (non-hydrogen) atoms. The molecule has 1 aliphatic heterocycles. The highest BCUT2D eigenvalue weighted by atomic mass is 32.1. The third-order valence-electron chi connectivity index (χ3n) is 9.30. The van der Waals surface area contributed by atoms with Gasteiger partial charge in [0.15, 0.2) is 6.79 Å². The minimum atomic E-state index is -0.256. The molecule has 0 saturated carbocycles. The molecule has 1 fully saturated rings. The number of rotatable bonds is 21. The maximum Gasteiger partial charge on any atom is 0.307 e. The van der Waals surface area contributed by atoms with Crippen LogP contribution in [0.15, 0.2) is 64.8 Å². The van der Waals surface area contributed by atoms with Crippen LogP contribution < -0.4 is 15.2 Å². The molecule has 0 radical (unpaired) electrons. The van der Waals surface area contributed by atoms with E-state index in [4.69, 9.17) is 14.2 Å². The molecule has 1 aliphatic rings. The van der Waals surface area contributed by atoms with Crippen LogP contribution in [0.5, 0.6) is 5.75 Å². The van der Waals surface area contributed by atoms with E-state index in [1.165, 1.54) is 60.4 Å². The molecule has 0 bridgehead atoms. The SMILES string of the molecule is CCCCCCCCCCCC(=O)OCOCn1c(=O)ccc2ccc(OCCCCN3CCN(c4cccc5sccc45)CC3)cc21. The Labute approximate surface area is 289 Å². The van der Waals surface area contributed by atoms with Gasteiger partial charge in [-0.3, -0.25) is 19.1 Å². The summed E-state index contributed by atoms with van der Waals surface area (Å²) in [5, 5.41) is 4.47. The number of esters is 1. The Morgan fingerprint density at radius 1 is 0.833 bits per heavy atom. The van der Waals surface area contributed by atoms with Gasteiger partial charge in [0.1, 0.15) is 12.5 Å². The lowest BCUT2D eigenvalue weighted by atomic mass is 10.1. The average Bonchev–Trinajstić information content (AvgIpc) is 3.60. The van der Waals surface area contributed by atoms with Crippen LogP contribution in [0, 0.1) is 0 Å². The number of benzene rings is 2. The molecule has 3 heterocycles. The van der Waals surface area contributed by atoms with E-state index in [2.05, 4.69) is 46.4 Å². The van der Waals surface area contributed by atoms with Crippen molar-refractivity contribution in [1.29, 1.82) is 0 Å². The highest BCUT2D eigenvalue weighted by molar-refractivity contribution is 7.17. The molecule has 0 atom stereocenters. The van der Waals surface area contributed by atoms with Gasteiger partial charge in [-0.1, -0.05) is 64.4 Å². The van der Waals surface area contributed by atoms with Crippen LogP contribution in [0.1, 0.15) is 84.0 Å². The van der Waals surface area contributed by atoms with Crippen molar-refractivity contribution in [3.8, 4) is 5.75 Å². The Balaban J connectivity index is 0.971. The Morgan fingerprint density at radius 2 is 1.60 bits per heavy atom. The van der Waals surface area contributed by atoms with Gasteiger partial charge in [-0.25, -0.2) is 0 Å². The van der Waals surface area contributed by atoms with E-state index in [-0.39, 0.29) is 25.1 Å². The molecule has 5 rings (SSSR count). The molecule has 0 unspecified atom stereocenters. The quantitative estimate of drug-likeness (QED) is 0.0498. The first-order chi connectivity index (χ1) is 23.6. The number of unbranched alkanes of at least 4 members (excludes halogenated alkanes) is 9.